The second-order valence-corrected chi connectivity index (χ2v) is 13.4. The van der Waals surface area contributed by atoms with Gasteiger partial charge in [0.2, 0.25) is 0 Å². The monoisotopic (exact) mass is 494 g/mol. The lowest BCUT2D eigenvalue weighted by molar-refractivity contribution is -0.183. The number of fused-ring (bicyclic) bond motifs is 5. The van der Waals surface area contributed by atoms with Crippen LogP contribution in [0.15, 0.2) is 11.6 Å². The lowest BCUT2D eigenvalue weighted by atomic mass is 9.45. The zero-order valence-electron chi connectivity index (χ0n) is 22.3. The van der Waals surface area contributed by atoms with Crippen LogP contribution in [0, 0.1) is 28.6 Å². The molecule has 0 saturated heterocycles. The highest BCUT2D eigenvalue weighted by atomic mass is 16.5. The van der Waals surface area contributed by atoms with E-state index in [1.807, 2.05) is 0 Å². The third-order valence-electron chi connectivity index (χ3n) is 10.8. The molecule has 2 unspecified atom stereocenters. The highest BCUT2D eigenvalue weighted by Crippen LogP contribution is 2.69. The van der Waals surface area contributed by atoms with E-state index in [2.05, 4.69) is 13.8 Å². The zero-order chi connectivity index (χ0) is 26.2. The topological polar surface area (TPSA) is 127 Å². The van der Waals surface area contributed by atoms with Crippen LogP contribution in [-0.4, -0.2) is 73.5 Å². The van der Waals surface area contributed by atoms with Crippen LogP contribution in [0.5, 0.6) is 0 Å². The molecule has 0 heterocycles. The first-order valence-electron chi connectivity index (χ1n) is 13.3. The van der Waals surface area contributed by atoms with Crippen molar-refractivity contribution in [3.63, 3.8) is 0 Å². The second kappa shape index (κ2) is 8.60. The first-order chi connectivity index (χ1) is 16.0. The summed E-state index contributed by atoms with van der Waals surface area (Å²) in [7, 11) is 1.68. The van der Waals surface area contributed by atoms with Crippen molar-refractivity contribution in [3.05, 3.63) is 11.6 Å². The number of methoxy groups -OCH3 is 1. The van der Waals surface area contributed by atoms with Crippen LogP contribution in [0.2, 0.25) is 0 Å². The van der Waals surface area contributed by atoms with Crippen molar-refractivity contribution >= 4 is 5.78 Å². The Kier molecular flexibility index (Phi) is 6.69. The Hall–Kier alpha value is -0.830. The maximum absolute atomic E-state index is 13.4. The van der Waals surface area contributed by atoms with Crippen LogP contribution in [0.4, 0.5) is 0 Å². The summed E-state index contributed by atoms with van der Waals surface area (Å²) in [6.07, 6.45) is 3.18. The van der Waals surface area contributed by atoms with Gasteiger partial charge < -0.3 is 30.3 Å². The molecule has 4 rings (SSSR count). The molecule has 35 heavy (non-hydrogen) atoms. The zero-order valence-corrected chi connectivity index (χ0v) is 22.3. The van der Waals surface area contributed by atoms with Gasteiger partial charge in [0.25, 0.3) is 0 Å². The minimum atomic E-state index is -1.38. The molecular formula is C28H46O7. The van der Waals surface area contributed by atoms with Gasteiger partial charge in [-0.3, -0.25) is 4.79 Å². The average Bonchev–Trinajstić information content (AvgIpc) is 3.07. The predicted octanol–water partition coefficient (Wildman–Crippen LogP) is 2.51. The fourth-order valence-electron chi connectivity index (χ4n) is 8.75. The highest BCUT2D eigenvalue weighted by Gasteiger charge is 2.69. The van der Waals surface area contributed by atoms with Gasteiger partial charge in [0.1, 0.15) is 0 Å². The number of hydrogen-bond acceptors (Lipinski definition) is 7. The summed E-state index contributed by atoms with van der Waals surface area (Å²) < 4.78 is 6.35. The smallest absolute Gasteiger partial charge is 0.159 e. The first kappa shape index (κ1) is 27.2. The largest absolute Gasteiger partial charge is 0.390 e. The van der Waals surface area contributed by atoms with Crippen LogP contribution in [0.25, 0.3) is 0 Å². The van der Waals surface area contributed by atoms with E-state index < -0.39 is 45.9 Å². The Morgan fingerprint density at radius 3 is 2.34 bits per heavy atom. The number of carbonyl (C=O) groups is 1. The van der Waals surface area contributed by atoms with E-state index in [9.17, 15) is 30.3 Å². The van der Waals surface area contributed by atoms with Gasteiger partial charge in [-0.05, 0) is 101 Å². The third-order valence-corrected chi connectivity index (χ3v) is 10.8. The van der Waals surface area contributed by atoms with Crippen LogP contribution in [0.3, 0.4) is 0 Å². The Morgan fingerprint density at radius 2 is 1.74 bits per heavy atom. The molecule has 0 bridgehead atoms. The summed E-state index contributed by atoms with van der Waals surface area (Å²) in [6, 6.07) is 0. The number of ketones is 1. The van der Waals surface area contributed by atoms with Gasteiger partial charge in [0.05, 0.1) is 35.1 Å². The molecule has 0 aromatic heterocycles. The molecule has 10 atom stereocenters. The number of aliphatic hydroxyl groups excluding tert-OH is 3. The van der Waals surface area contributed by atoms with E-state index in [0.717, 1.165) is 18.4 Å². The van der Waals surface area contributed by atoms with Gasteiger partial charge in [-0.2, -0.15) is 0 Å². The van der Waals surface area contributed by atoms with Gasteiger partial charge in [-0.15, -0.1) is 0 Å². The summed E-state index contributed by atoms with van der Waals surface area (Å²) in [5, 5.41) is 53.7. The number of allylic oxidation sites excluding steroid dienone is 1. The Bertz CT molecular complexity index is 875. The predicted molar refractivity (Wildman–Crippen MR) is 131 cm³/mol. The third kappa shape index (κ3) is 3.96. The molecule has 0 aliphatic heterocycles. The molecule has 200 valence electrons. The molecule has 0 amide bonds. The van der Waals surface area contributed by atoms with E-state index in [1.165, 1.54) is 0 Å². The van der Waals surface area contributed by atoms with Crippen molar-refractivity contribution in [3.8, 4) is 0 Å². The van der Waals surface area contributed by atoms with Crippen LogP contribution in [0.1, 0.15) is 86.0 Å². The maximum Gasteiger partial charge on any atom is 0.159 e. The van der Waals surface area contributed by atoms with Crippen molar-refractivity contribution in [1.82, 2.24) is 0 Å². The first-order valence-corrected chi connectivity index (χ1v) is 13.3. The summed E-state index contributed by atoms with van der Waals surface area (Å²) in [4.78, 5) is 13.4. The molecule has 3 fully saturated rings. The van der Waals surface area contributed by atoms with Crippen molar-refractivity contribution in [2.75, 3.05) is 7.11 Å². The number of aliphatic hydroxyl groups is 5. The summed E-state index contributed by atoms with van der Waals surface area (Å²) in [5.74, 6) is -0.542. The summed E-state index contributed by atoms with van der Waals surface area (Å²) in [5.41, 5.74) is -3.05. The molecule has 4 aliphatic rings. The van der Waals surface area contributed by atoms with E-state index in [4.69, 9.17) is 4.74 Å². The minimum Gasteiger partial charge on any atom is -0.390 e. The molecule has 0 aromatic carbocycles. The van der Waals surface area contributed by atoms with Crippen LogP contribution in [-0.2, 0) is 9.53 Å². The molecular weight excluding hydrogens is 448 g/mol. The fourth-order valence-corrected chi connectivity index (χ4v) is 8.75. The number of rotatable bonds is 6. The van der Waals surface area contributed by atoms with E-state index in [-0.39, 0.29) is 36.4 Å². The molecule has 0 radical (unpaired) electrons. The normalized spacial score (nSPS) is 46.2. The highest BCUT2D eigenvalue weighted by molar-refractivity contribution is 5.95. The van der Waals surface area contributed by atoms with Crippen molar-refractivity contribution < 1.29 is 35.1 Å². The second-order valence-electron chi connectivity index (χ2n) is 13.4. The number of hydrogen-bond donors (Lipinski definition) is 5. The lowest BCUT2D eigenvalue weighted by Gasteiger charge is -2.61. The number of carbonyl (C=O) groups excluding carboxylic acids is 1. The number of ether oxygens (including phenoxy) is 1. The molecule has 7 heteroatoms. The van der Waals surface area contributed by atoms with Crippen LogP contribution < -0.4 is 0 Å². The van der Waals surface area contributed by atoms with Gasteiger partial charge in [0, 0.05) is 18.4 Å². The SMILES string of the molecule is CO[C@@]12CCC([C@](C)(O)[C@H](O)CCC(C)(C)O)[C@@]1(C)CCC1C2=CC(=O)[C@@H]2C[C@@H](O)[C@@H](O)C[C@]12C. The summed E-state index contributed by atoms with van der Waals surface area (Å²) >= 11 is 0. The Balaban J connectivity index is 1.70. The lowest BCUT2D eigenvalue weighted by Crippen LogP contribution is -2.63. The van der Waals surface area contributed by atoms with E-state index >= 15 is 0 Å². The van der Waals surface area contributed by atoms with E-state index in [0.29, 0.717) is 25.7 Å². The van der Waals surface area contributed by atoms with Crippen molar-refractivity contribution in [2.24, 2.45) is 28.6 Å². The van der Waals surface area contributed by atoms with Crippen LogP contribution >= 0.6 is 0 Å². The molecule has 0 aromatic rings. The molecule has 7 nitrogen and oxygen atoms in total. The Morgan fingerprint density at radius 1 is 1.09 bits per heavy atom. The Labute approximate surface area is 209 Å². The minimum absolute atomic E-state index is 0.00852. The van der Waals surface area contributed by atoms with E-state index in [1.54, 1.807) is 34.0 Å². The van der Waals surface area contributed by atoms with Crippen molar-refractivity contribution in [1.29, 1.82) is 0 Å². The van der Waals surface area contributed by atoms with Gasteiger partial charge >= 0.3 is 0 Å². The fraction of sp³-hybridized carbons (Fsp3) is 0.893. The van der Waals surface area contributed by atoms with Gasteiger partial charge in [-0.1, -0.05) is 13.8 Å². The van der Waals surface area contributed by atoms with Gasteiger partial charge in [-0.25, -0.2) is 0 Å². The maximum atomic E-state index is 13.4. The quantitative estimate of drug-likeness (QED) is 0.384. The molecule has 0 spiro atoms. The average molecular weight is 495 g/mol. The van der Waals surface area contributed by atoms with Gasteiger partial charge in [0.15, 0.2) is 5.78 Å². The van der Waals surface area contributed by atoms with Crippen molar-refractivity contribution in [2.45, 2.75) is 121 Å². The molecule has 3 saturated carbocycles. The molecule has 5 N–H and O–H groups in total. The summed E-state index contributed by atoms with van der Waals surface area (Å²) in [6.45, 7) is 9.30. The standard InChI is InChI=1S/C28H46O7/c1-24(2,33)10-9-23(32)27(5,34)22-8-12-28(35-6)17-13-19(29)18-14-20(30)21(31)15-25(18,3)16(17)7-11-26(22,28)4/h13,16,18,20-23,30-34H,7-12,14-15H2,1-6H3/t16?,18-,20+,21-,22?,23+,25+,26+,27-,28+/m0/s1. The molecule has 4 aliphatic carbocycles.